The molecule has 0 unspecified atom stereocenters. The molecule has 4 nitrogen and oxygen atoms in total. The number of nitrogens with zero attached hydrogens (tertiary/aromatic N) is 1. The smallest absolute Gasteiger partial charge is 0.239 e. The Bertz CT molecular complexity index is 293. The maximum Gasteiger partial charge on any atom is 0.239 e. The van der Waals surface area contributed by atoms with Gasteiger partial charge in [-0.25, -0.2) is 0 Å². The molecule has 1 amide bonds. The molecule has 1 aromatic heterocycles. The van der Waals surface area contributed by atoms with E-state index in [4.69, 9.17) is 0 Å². The average Bonchev–Trinajstić information content (AvgIpc) is 2.62. The number of amides is 1. The van der Waals surface area contributed by atoms with Gasteiger partial charge in [-0.3, -0.25) is 4.79 Å². The van der Waals surface area contributed by atoms with Gasteiger partial charge in [-0.15, -0.1) is 0 Å². The molecule has 0 radical (unpaired) electrons. The second kappa shape index (κ2) is 5.44. The molecular formula is C10H17N3O. The summed E-state index contributed by atoms with van der Waals surface area (Å²) in [7, 11) is 1.65. The molecule has 1 rings (SSSR count). The van der Waals surface area contributed by atoms with Gasteiger partial charge >= 0.3 is 0 Å². The van der Waals surface area contributed by atoms with Crippen LogP contribution in [0, 0.1) is 0 Å². The summed E-state index contributed by atoms with van der Waals surface area (Å²) in [4.78, 5) is 11.2. The number of hydrogen-bond donors (Lipinski definition) is 2. The first-order chi connectivity index (χ1) is 6.77. The summed E-state index contributed by atoms with van der Waals surface area (Å²) in [6.45, 7) is 4.20. The highest BCUT2D eigenvalue weighted by Crippen LogP contribution is 2.01. The van der Waals surface area contributed by atoms with E-state index in [1.54, 1.807) is 7.05 Å². The Hall–Kier alpha value is -1.29. The van der Waals surface area contributed by atoms with Crippen molar-refractivity contribution in [2.75, 3.05) is 13.6 Å². The van der Waals surface area contributed by atoms with Gasteiger partial charge in [-0.2, -0.15) is 0 Å². The van der Waals surface area contributed by atoms with E-state index in [1.807, 2.05) is 22.9 Å². The van der Waals surface area contributed by atoms with Crippen molar-refractivity contribution in [1.82, 2.24) is 15.2 Å². The molecule has 0 fully saturated rings. The van der Waals surface area contributed by atoms with E-state index >= 15 is 0 Å². The van der Waals surface area contributed by atoms with Crippen molar-refractivity contribution < 1.29 is 4.79 Å². The van der Waals surface area contributed by atoms with Gasteiger partial charge in [0.25, 0.3) is 0 Å². The van der Waals surface area contributed by atoms with Gasteiger partial charge in [-0.05, 0) is 18.7 Å². The lowest BCUT2D eigenvalue weighted by molar-refractivity contribution is -0.121. The molecule has 2 N–H and O–H groups in total. The van der Waals surface area contributed by atoms with Gasteiger partial charge in [0.05, 0.1) is 0 Å². The van der Waals surface area contributed by atoms with Crippen LogP contribution in [0.4, 0.5) is 0 Å². The lowest BCUT2D eigenvalue weighted by Gasteiger charge is -2.08. The van der Waals surface area contributed by atoms with Crippen LogP contribution in [-0.4, -0.2) is 24.1 Å². The third kappa shape index (κ3) is 2.88. The highest BCUT2D eigenvalue weighted by Gasteiger charge is 2.03. The van der Waals surface area contributed by atoms with E-state index in [1.165, 1.54) is 0 Å². The van der Waals surface area contributed by atoms with E-state index in [0.717, 1.165) is 18.8 Å². The van der Waals surface area contributed by atoms with Crippen LogP contribution in [0.15, 0.2) is 18.3 Å². The van der Waals surface area contributed by atoms with Crippen molar-refractivity contribution in [3.63, 3.8) is 0 Å². The van der Waals surface area contributed by atoms with Crippen LogP contribution >= 0.6 is 0 Å². The largest absolute Gasteiger partial charge is 0.358 e. The molecular weight excluding hydrogens is 178 g/mol. The Morgan fingerprint density at radius 3 is 3.00 bits per heavy atom. The molecule has 0 saturated carbocycles. The lowest BCUT2D eigenvalue weighted by Crippen LogP contribution is -2.25. The molecule has 78 valence electrons. The van der Waals surface area contributed by atoms with Gasteiger partial charge < -0.3 is 15.2 Å². The SMILES string of the molecule is CCNCc1cccn1CC(=O)NC. The second-order valence-electron chi connectivity index (χ2n) is 3.08. The lowest BCUT2D eigenvalue weighted by atomic mass is 10.4. The molecule has 0 bridgehead atoms. The molecule has 4 heteroatoms. The van der Waals surface area contributed by atoms with Crippen molar-refractivity contribution in [3.05, 3.63) is 24.0 Å². The number of rotatable bonds is 5. The van der Waals surface area contributed by atoms with Crippen molar-refractivity contribution in [3.8, 4) is 0 Å². The second-order valence-corrected chi connectivity index (χ2v) is 3.08. The predicted octanol–water partition coefficient (Wildman–Crippen LogP) is 0.344. The molecule has 1 heterocycles. The Kier molecular flexibility index (Phi) is 4.19. The highest BCUT2D eigenvalue weighted by atomic mass is 16.1. The quantitative estimate of drug-likeness (QED) is 0.712. The molecule has 0 aliphatic carbocycles. The summed E-state index contributed by atoms with van der Waals surface area (Å²) in [5, 5.41) is 5.84. The monoisotopic (exact) mass is 195 g/mol. The molecule has 1 aromatic rings. The predicted molar refractivity (Wildman–Crippen MR) is 55.9 cm³/mol. The van der Waals surface area contributed by atoms with Crippen LogP contribution < -0.4 is 10.6 Å². The maximum absolute atomic E-state index is 11.2. The van der Waals surface area contributed by atoms with Crippen LogP contribution in [0.5, 0.6) is 0 Å². The maximum atomic E-state index is 11.2. The minimum Gasteiger partial charge on any atom is -0.358 e. The first kappa shape index (κ1) is 10.8. The molecule has 14 heavy (non-hydrogen) atoms. The fraction of sp³-hybridized carbons (Fsp3) is 0.500. The Balaban J connectivity index is 2.57. The number of carbonyl (C=O) groups is 1. The number of carbonyl (C=O) groups excluding carboxylic acids is 1. The molecule has 0 spiro atoms. The van der Waals surface area contributed by atoms with E-state index in [2.05, 4.69) is 17.6 Å². The Morgan fingerprint density at radius 2 is 2.36 bits per heavy atom. The van der Waals surface area contributed by atoms with Gasteiger partial charge in [0.2, 0.25) is 5.91 Å². The fourth-order valence-corrected chi connectivity index (χ4v) is 1.25. The summed E-state index contributed by atoms with van der Waals surface area (Å²) in [6, 6.07) is 3.97. The van der Waals surface area contributed by atoms with Crippen molar-refractivity contribution >= 4 is 5.91 Å². The normalized spacial score (nSPS) is 10.1. The van der Waals surface area contributed by atoms with Crippen LogP contribution in [0.2, 0.25) is 0 Å². The van der Waals surface area contributed by atoms with E-state index in [9.17, 15) is 4.79 Å². The van der Waals surface area contributed by atoms with Crippen LogP contribution in [0.25, 0.3) is 0 Å². The minimum atomic E-state index is 0.0268. The molecule has 0 aliphatic rings. The molecule has 0 saturated heterocycles. The molecule has 0 atom stereocenters. The number of likely N-dealkylation sites (N-methyl/N-ethyl adjacent to an activating group) is 1. The number of nitrogens with one attached hydrogen (secondary N) is 2. The summed E-state index contributed by atoms with van der Waals surface area (Å²) in [6.07, 6.45) is 1.92. The van der Waals surface area contributed by atoms with Crippen LogP contribution in [0.3, 0.4) is 0 Å². The van der Waals surface area contributed by atoms with E-state index in [-0.39, 0.29) is 5.91 Å². The van der Waals surface area contributed by atoms with Crippen molar-refractivity contribution in [2.45, 2.75) is 20.0 Å². The fourth-order valence-electron chi connectivity index (χ4n) is 1.25. The summed E-state index contributed by atoms with van der Waals surface area (Å²) < 4.78 is 1.95. The van der Waals surface area contributed by atoms with Gasteiger partial charge in [0, 0.05) is 25.5 Å². The van der Waals surface area contributed by atoms with E-state index in [0.29, 0.717) is 6.54 Å². The van der Waals surface area contributed by atoms with Crippen LogP contribution in [0.1, 0.15) is 12.6 Å². The standard InChI is InChI=1S/C10H17N3O/c1-3-12-7-9-5-4-6-13(9)8-10(14)11-2/h4-6,12H,3,7-8H2,1-2H3,(H,11,14). The van der Waals surface area contributed by atoms with Crippen LogP contribution in [-0.2, 0) is 17.9 Å². The number of hydrogen-bond acceptors (Lipinski definition) is 2. The summed E-state index contributed by atoms with van der Waals surface area (Å²) in [5.74, 6) is 0.0268. The Morgan fingerprint density at radius 1 is 1.57 bits per heavy atom. The first-order valence-electron chi connectivity index (χ1n) is 4.83. The third-order valence-corrected chi connectivity index (χ3v) is 2.07. The van der Waals surface area contributed by atoms with Gasteiger partial charge in [0.15, 0.2) is 0 Å². The summed E-state index contributed by atoms with van der Waals surface area (Å²) >= 11 is 0. The third-order valence-electron chi connectivity index (χ3n) is 2.07. The zero-order valence-electron chi connectivity index (χ0n) is 8.71. The van der Waals surface area contributed by atoms with Gasteiger partial charge in [-0.1, -0.05) is 6.92 Å². The minimum absolute atomic E-state index is 0.0268. The average molecular weight is 195 g/mol. The van der Waals surface area contributed by atoms with E-state index < -0.39 is 0 Å². The van der Waals surface area contributed by atoms with Gasteiger partial charge in [0.1, 0.15) is 6.54 Å². The van der Waals surface area contributed by atoms with Crippen molar-refractivity contribution in [2.24, 2.45) is 0 Å². The molecule has 0 aliphatic heterocycles. The topological polar surface area (TPSA) is 46.1 Å². The zero-order valence-corrected chi connectivity index (χ0v) is 8.71. The molecule has 0 aromatic carbocycles. The zero-order chi connectivity index (χ0) is 10.4. The number of aromatic nitrogens is 1. The highest BCUT2D eigenvalue weighted by molar-refractivity contribution is 5.75. The first-order valence-corrected chi connectivity index (χ1v) is 4.83. The Labute approximate surface area is 84.3 Å². The van der Waals surface area contributed by atoms with Crippen molar-refractivity contribution in [1.29, 1.82) is 0 Å². The summed E-state index contributed by atoms with van der Waals surface area (Å²) in [5.41, 5.74) is 1.13.